The first-order chi connectivity index (χ1) is 23.9. The fraction of sp³-hybridized carbons (Fsp3) is 0.233. The maximum absolute atomic E-state index is 7.69. The fourth-order valence-corrected chi connectivity index (χ4v) is 6.47. The molecule has 0 bridgehead atoms. The van der Waals surface area contributed by atoms with E-state index in [1.165, 1.54) is 45.6 Å². The number of anilines is 1. The van der Waals surface area contributed by atoms with Gasteiger partial charge in [0.2, 0.25) is 0 Å². The molecule has 0 aliphatic carbocycles. The summed E-state index contributed by atoms with van der Waals surface area (Å²) in [6.45, 7) is 12.9. The van der Waals surface area contributed by atoms with E-state index >= 15 is 0 Å². The molecule has 2 heterocycles. The number of benzene rings is 5. The number of nitrogens with zero attached hydrogens (tertiary/aromatic N) is 3. The van der Waals surface area contributed by atoms with Crippen molar-refractivity contribution in [3.8, 4) is 28.3 Å². The van der Waals surface area contributed by atoms with Crippen LogP contribution in [0, 0.1) is 24.9 Å². The molecule has 0 saturated carbocycles. The average molecular weight is 814 g/mol. The second kappa shape index (κ2) is 13.7. The summed E-state index contributed by atoms with van der Waals surface area (Å²) in [6.07, 6.45) is 3.21. The van der Waals surface area contributed by atoms with Crippen LogP contribution < -0.4 is 9.64 Å². The Bertz CT molecular complexity index is 2210. The van der Waals surface area contributed by atoms with Gasteiger partial charge in [0.05, 0.1) is 0 Å². The van der Waals surface area contributed by atoms with E-state index in [2.05, 4.69) is 119 Å². The van der Waals surface area contributed by atoms with Crippen molar-refractivity contribution in [2.24, 2.45) is 0 Å². The van der Waals surface area contributed by atoms with Gasteiger partial charge in [0.15, 0.2) is 0 Å². The Hall–Kier alpha value is -4.27. The Balaban J connectivity index is 0.00000448. The third-order valence-corrected chi connectivity index (χ3v) is 8.89. The molecule has 48 heavy (non-hydrogen) atoms. The van der Waals surface area contributed by atoms with Gasteiger partial charge in [-0.1, -0.05) is 83.1 Å². The van der Waals surface area contributed by atoms with Crippen LogP contribution in [-0.2, 0) is 21.1 Å². The minimum absolute atomic E-state index is 0. The van der Waals surface area contributed by atoms with Crippen molar-refractivity contribution in [3.05, 3.63) is 139 Å². The summed E-state index contributed by atoms with van der Waals surface area (Å²) in [5, 5.41) is 2.19. The minimum Gasteiger partial charge on any atom is -0.510 e. The third kappa shape index (κ3) is 6.31. The molecule has 1 aliphatic heterocycles. The molecule has 5 aromatic carbocycles. The first kappa shape index (κ1) is 29.8. The number of aromatic nitrogens is 1. The summed E-state index contributed by atoms with van der Waals surface area (Å²) in [4.78, 5) is 2.90. The van der Waals surface area contributed by atoms with E-state index in [1.54, 1.807) is 11.1 Å². The molecule has 0 amide bonds. The van der Waals surface area contributed by atoms with Crippen molar-refractivity contribution in [2.75, 3.05) is 11.9 Å². The quantitative estimate of drug-likeness (QED) is 0.143. The van der Waals surface area contributed by atoms with Crippen molar-refractivity contribution in [3.63, 3.8) is 0 Å². The molecule has 0 saturated heterocycles. The van der Waals surface area contributed by atoms with Crippen LogP contribution in [0.4, 0.5) is 5.69 Å². The maximum Gasteiger partial charge on any atom is 4.00 e. The number of ether oxygens (including phenoxy) is 1. The predicted molar refractivity (Wildman–Crippen MR) is 195 cm³/mol. The largest absolute Gasteiger partial charge is 4.00 e. The fourth-order valence-electron chi connectivity index (χ4n) is 6.47. The monoisotopic (exact) mass is 813 g/mol. The van der Waals surface area contributed by atoms with Gasteiger partial charge in [0.25, 0.3) is 0 Å². The molecule has 0 radical (unpaired) electrons. The van der Waals surface area contributed by atoms with Crippen molar-refractivity contribution >= 4 is 27.5 Å². The minimum atomic E-state index is -2.26. The molecular formula is C43H41N3OPt. The summed E-state index contributed by atoms with van der Waals surface area (Å²) >= 11 is 0. The number of fused-ring (bicyclic) bond motifs is 3. The number of rotatable bonds is 8. The Morgan fingerprint density at radius 1 is 0.729 bits per heavy atom. The summed E-state index contributed by atoms with van der Waals surface area (Å²) in [7, 11) is 0. The summed E-state index contributed by atoms with van der Waals surface area (Å²) in [5.74, 6) is 2.22. The van der Waals surface area contributed by atoms with Crippen LogP contribution >= 0.6 is 0 Å². The molecule has 6 aromatic rings. The zero-order valence-corrected chi connectivity index (χ0v) is 30.4. The topological polar surface area (TPSA) is 20.6 Å². The van der Waals surface area contributed by atoms with Gasteiger partial charge in [-0.3, -0.25) is 0 Å². The van der Waals surface area contributed by atoms with Crippen LogP contribution in [-0.4, -0.2) is 16.4 Å². The van der Waals surface area contributed by atoms with Crippen LogP contribution in [0.2, 0.25) is 0 Å². The second-order valence-electron chi connectivity index (χ2n) is 13.2. The SMILES string of the molecule is [2H]C([2H])([2H])N1C=CN(c2[c-]c(Oc3[c-]c4c(cc3)c3ccccc3n4-c3[c-]ccc(-c4c(C(C)C)cc(C(C)C)cc4C(C)C)c3)ccc2)[CH-]1.[Pt+4]. The van der Waals surface area contributed by atoms with Gasteiger partial charge in [0.1, 0.15) is 0 Å². The molecule has 0 atom stereocenters. The van der Waals surface area contributed by atoms with Crippen LogP contribution in [0.3, 0.4) is 0 Å². The smallest absolute Gasteiger partial charge is 0.510 e. The molecule has 0 fully saturated rings. The number of hydrogen-bond acceptors (Lipinski definition) is 3. The summed E-state index contributed by atoms with van der Waals surface area (Å²) < 4.78 is 31.7. The van der Waals surface area contributed by atoms with Gasteiger partial charge in [-0.2, -0.15) is 37.0 Å². The zero-order valence-electron chi connectivity index (χ0n) is 31.1. The predicted octanol–water partition coefficient (Wildman–Crippen LogP) is 11.4. The second-order valence-corrected chi connectivity index (χ2v) is 13.2. The van der Waals surface area contributed by atoms with E-state index in [4.69, 9.17) is 8.85 Å². The Labute approximate surface area is 304 Å². The van der Waals surface area contributed by atoms with Gasteiger partial charge >= 0.3 is 21.1 Å². The Morgan fingerprint density at radius 3 is 2.19 bits per heavy atom. The van der Waals surface area contributed by atoms with E-state index < -0.39 is 6.98 Å². The Kier molecular flexibility index (Phi) is 8.51. The van der Waals surface area contributed by atoms with Gasteiger partial charge in [-0.05, 0) is 70.8 Å². The van der Waals surface area contributed by atoms with Gasteiger partial charge in [-0.25, -0.2) is 0 Å². The normalized spacial score (nSPS) is 14.2. The van der Waals surface area contributed by atoms with Crippen molar-refractivity contribution in [1.29, 1.82) is 0 Å². The van der Waals surface area contributed by atoms with E-state index in [1.807, 2.05) is 30.3 Å². The molecule has 4 nitrogen and oxygen atoms in total. The molecule has 244 valence electrons. The number of hydrogen-bond donors (Lipinski definition) is 0. The van der Waals surface area contributed by atoms with E-state index in [0.29, 0.717) is 34.9 Å². The molecule has 5 heteroatoms. The average Bonchev–Trinajstić information content (AvgIpc) is 3.72. The number of para-hydroxylation sites is 1. The van der Waals surface area contributed by atoms with Crippen LogP contribution in [0.25, 0.3) is 38.6 Å². The zero-order chi connectivity index (χ0) is 35.3. The van der Waals surface area contributed by atoms with Gasteiger partial charge < -0.3 is 19.1 Å². The van der Waals surface area contributed by atoms with Crippen molar-refractivity contribution in [1.82, 2.24) is 9.47 Å². The first-order valence-corrected chi connectivity index (χ1v) is 16.3. The molecule has 0 spiro atoms. The third-order valence-electron chi connectivity index (χ3n) is 8.89. The van der Waals surface area contributed by atoms with Crippen LogP contribution in [0.15, 0.2) is 97.3 Å². The maximum atomic E-state index is 7.69. The van der Waals surface area contributed by atoms with E-state index in [9.17, 15) is 0 Å². The van der Waals surface area contributed by atoms with Crippen LogP contribution in [0.5, 0.6) is 11.5 Å². The van der Waals surface area contributed by atoms with E-state index in [-0.39, 0.29) is 21.1 Å². The van der Waals surface area contributed by atoms with Crippen LogP contribution in [0.1, 0.15) is 80.1 Å². The molecule has 7 rings (SSSR count). The van der Waals surface area contributed by atoms with Gasteiger partial charge in [-0.15, -0.1) is 53.0 Å². The molecule has 0 unspecified atom stereocenters. The van der Waals surface area contributed by atoms with Crippen molar-refractivity contribution in [2.45, 2.75) is 59.3 Å². The summed E-state index contributed by atoms with van der Waals surface area (Å²) in [5.41, 5.74) is 10.2. The summed E-state index contributed by atoms with van der Waals surface area (Å²) in [6, 6.07) is 39.6. The molecule has 1 aromatic heterocycles. The molecule has 0 N–H and O–H groups in total. The van der Waals surface area contributed by atoms with Gasteiger partial charge in [0, 0.05) is 21.1 Å². The molecular weight excluding hydrogens is 770 g/mol. The Morgan fingerprint density at radius 2 is 1.48 bits per heavy atom. The molecule has 1 aliphatic rings. The first-order valence-electron chi connectivity index (χ1n) is 17.8. The van der Waals surface area contributed by atoms with E-state index in [0.717, 1.165) is 27.5 Å². The standard InChI is InChI=1S/C43H41N3O.Pt/c1-28(2)32-23-39(29(3)4)43(40(24-32)30(5)6)31-12-10-14-34(22-31)46-41-17-9-8-16-37(41)38-19-18-36(26-42(38)46)47-35-15-11-13-33(25-35)45-21-20-44(7)27-45;/h8-13,15-24,27-30H,1-7H3;/q-4;+4/i7D3;. The van der Waals surface area contributed by atoms with Crippen molar-refractivity contribution < 1.29 is 29.9 Å².